The number of allylic oxidation sites excluding steroid dienone is 2. The Kier molecular flexibility index (Phi) is 11.0. The molecule has 2 fully saturated rings. The van der Waals surface area contributed by atoms with Crippen LogP contribution >= 0.6 is 23.2 Å². The van der Waals surface area contributed by atoms with E-state index in [1.54, 1.807) is 43.3 Å². The maximum absolute atomic E-state index is 13.8. The molecule has 15 heteroatoms. The van der Waals surface area contributed by atoms with Crippen molar-refractivity contribution in [2.75, 3.05) is 38.1 Å². The summed E-state index contributed by atoms with van der Waals surface area (Å²) in [6, 6.07) is 19.7. The second-order valence-electron chi connectivity index (χ2n) is 13.0. The van der Waals surface area contributed by atoms with Crippen LogP contribution in [-0.4, -0.2) is 57.7 Å². The molecule has 3 aromatic carbocycles. The fraction of sp³-hybridized carbons (Fsp3) is 0.237. The molecule has 0 aliphatic carbocycles. The highest BCUT2D eigenvalue weighted by Gasteiger charge is 2.38. The van der Waals surface area contributed by atoms with Gasteiger partial charge in [-0.15, -0.1) is 0 Å². The Morgan fingerprint density at radius 2 is 1.47 bits per heavy atom. The SMILES string of the molecule is CC(C)=Cc1cccc(NC(=O)c2cc(N3CCC(/C=C(\C)c4ccnc(NC(=O)c5cc(N6CCCS6(=O)=O)ccc5Cl)c4)S3(=O)=O)ccc2Cl)c1. The molecular weight excluding hydrogens is 757 g/mol. The van der Waals surface area contributed by atoms with Crippen LogP contribution in [-0.2, 0) is 20.0 Å². The van der Waals surface area contributed by atoms with Crippen molar-refractivity contribution in [3.8, 4) is 0 Å². The molecule has 2 aliphatic rings. The lowest BCUT2D eigenvalue weighted by atomic mass is 10.1. The summed E-state index contributed by atoms with van der Waals surface area (Å²) >= 11 is 12.8. The Bertz CT molecular complexity index is 2400. The van der Waals surface area contributed by atoms with Crippen molar-refractivity contribution in [2.45, 2.75) is 38.9 Å². The van der Waals surface area contributed by atoms with Crippen LogP contribution in [0.15, 0.2) is 90.6 Å². The van der Waals surface area contributed by atoms with Crippen LogP contribution in [0.4, 0.5) is 22.9 Å². The van der Waals surface area contributed by atoms with Crippen LogP contribution in [0.3, 0.4) is 0 Å². The summed E-state index contributed by atoms with van der Waals surface area (Å²) in [4.78, 5) is 30.8. The maximum atomic E-state index is 13.8. The minimum Gasteiger partial charge on any atom is -0.322 e. The van der Waals surface area contributed by atoms with Crippen LogP contribution in [0.25, 0.3) is 11.6 Å². The van der Waals surface area contributed by atoms with E-state index in [0.29, 0.717) is 47.6 Å². The van der Waals surface area contributed by atoms with Crippen LogP contribution in [0.5, 0.6) is 0 Å². The number of aromatic nitrogens is 1. The number of anilines is 4. The minimum absolute atomic E-state index is 0.0367. The predicted octanol–water partition coefficient (Wildman–Crippen LogP) is 7.87. The number of carbonyl (C=O) groups is 2. The molecule has 0 saturated carbocycles. The Balaban J connectivity index is 1.17. The van der Waals surface area contributed by atoms with Crippen LogP contribution < -0.4 is 19.2 Å². The number of halogens is 2. The Morgan fingerprint density at radius 1 is 0.811 bits per heavy atom. The molecule has 1 atom stereocenters. The lowest BCUT2D eigenvalue weighted by Crippen LogP contribution is -2.29. The largest absolute Gasteiger partial charge is 0.322 e. The molecule has 1 unspecified atom stereocenters. The minimum atomic E-state index is -3.88. The highest BCUT2D eigenvalue weighted by atomic mass is 35.5. The zero-order valence-corrected chi connectivity index (χ0v) is 32.3. The van der Waals surface area contributed by atoms with Gasteiger partial charge in [-0.1, -0.05) is 53.1 Å². The number of hydrogen-bond donors (Lipinski definition) is 2. The molecule has 0 spiro atoms. The first-order valence-corrected chi connectivity index (χ1v) is 20.6. The van der Waals surface area contributed by atoms with Crippen molar-refractivity contribution in [3.05, 3.63) is 123 Å². The average Bonchev–Trinajstić information content (AvgIpc) is 3.61. The van der Waals surface area contributed by atoms with Gasteiger partial charge >= 0.3 is 0 Å². The van der Waals surface area contributed by atoms with E-state index in [0.717, 1.165) is 11.1 Å². The first-order valence-electron chi connectivity index (χ1n) is 16.8. The average molecular weight is 795 g/mol. The number of hydrogen-bond acceptors (Lipinski definition) is 7. The fourth-order valence-electron chi connectivity index (χ4n) is 6.28. The van der Waals surface area contributed by atoms with E-state index in [2.05, 4.69) is 15.6 Å². The zero-order valence-electron chi connectivity index (χ0n) is 29.1. The molecule has 2 aliphatic heterocycles. The van der Waals surface area contributed by atoms with Crippen LogP contribution in [0.1, 0.15) is 65.5 Å². The molecule has 2 amide bonds. The number of sulfonamides is 2. The third-order valence-electron chi connectivity index (χ3n) is 8.86. The van der Waals surface area contributed by atoms with Crippen molar-refractivity contribution >= 4 is 89.6 Å². The number of carbonyl (C=O) groups excluding carboxylic acids is 2. The highest BCUT2D eigenvalue weighted by molar-refractivity contribution is 7.94. The Morgan fingerprint density at radius 3 is 2.11 bits per heavy atom. The van der Waals surface area contributed by atoms with Gasteiger partial charge in [0, 0.05) is 25.0 Å². The standard InChI is InChI=1S/C38H37Cl2N5O6S2/c1-24(2)18-26-6-4-7-28(20-26)42-37(46)32-23-30(9-11-34(32)39)45-16-13-31(53(45,50)51)19-25(3)27-12-14-41-36(21-27)43-38(47)33-22-29(8-10-35(33)40)44-15-5-17-52(44,48)49/h4,6-12,14,18-23,31H,5,13,15-17H2,1-3H3,(H,42,46)(H,41,43,47)/b25-19+. The smallest absolute Gasteiger partial charge is 0.258 e. The number of pyridine rings is 1. The number of benzene rings is 3. The lowest BCUT2D eigenvalue weighted by molar-refractivity contribution is 0.101. The normalized spacial score (nSPS) is 17.8. The van der Waals surface area contributed by atoms with E-state index in [1.165, 1.54) is 39.1 Å². The lowest BCUT2D eigenvalue weighted by Gasteiger charge is -2.20. The van der Waals surface area contributed by atoms with Crippen molar-refractivity contribution in [1.29, 1.82) is 0 Å². The van der Waals surface area contributed by atoms with E-state index in [4.69, 9.17) is 23.2 Å². The van der Waals surface area contributed by atoms with Gasteiger partial charge in [0.05, 0.1) is 38.3 Å². The third kappa shape index (κ3) is 8.43. The summed E-state index contributed by atoms with van der Waals surface area (Å²) in [5.74, 6) is -0.816. The number of nitrogens with one attached hydrogen (secondary N) is 2. The van der Waals surface area contributed by atoms with Gasteiger partial charge in [0.15, 0.2) is 0 Å². The number of amides is 2. The van der Waals surface area contributed by atoms with E-state index in [-0.39, 0.29) is 39.3 Å². The van der Waals surface area contributed by atoms with Gasteiger partial charge in [0.25, 0.3) is 11.8 Å². The highest BCUT2D eigenvalue weighted by Crippen LogP contribution is 2.34. The van der Waals surface area contributed by atoms with Crippen molar-refractivity contribution in [2.24, 2.45) is 0 Å². The van der Waals surface area contributed by atoms with Gasteiger partial charge in [0.2, 0.25) is 20.0 Å². The Labute approximate surface area is 319 Å². The summed E-state index contributed by atoms with van der Waals surface area (Å²) in [5, 5.41) is 5.04. The first-order chi connectivity index (χ1) is 25.1. The quantitative estimate of drug-likeness (QED) is 0.175. The fourth-order valence-corrected chi connectivity index (χ4v) is 10.1. The molecule has 2 N–H and O–H groups in total. The molecule has 0 bridgehead atoms. The molecule has 2 saturated heterocycles. The summed E-state index contributed by atoms with van der Waals surface area (Å²) in [6.07, 6.45) is 5.94. The number of nitrogens with zero attached hydrogens (tertiary/aromatic N) is 3. The molecule has 0 radical (unpaired) electrons. The zero-order chi connectivity index (χ0) is 38.1. The predicted molar refractivity (Wildman–Crippen MR) is 213 cm³/mol. The van der Waals surface area contributed by atoms with Gasteiger partial charge in [-0.05, 0) is 111 Å². The summed E-state index contributed by atoms with van der Waals surface area (Å²) in [6.45, 7) is 6.25. The number of rotatable bonds is 9. The molecule has 6 rings (SSSR count). The monoisotopic (exact) mass is 793 g/mol. The molecule has 11 nitrogen and oxygen atoms in total. The Hall–Kier alpha value is -4.69. The molecule has 1 aromatic heterocycles. The van der Waals surface area contributed by atoms with E-state index < -0.39 is 37.1 Å². The van der Waals surface area contributed by atoms with Gasteiger partial charge in [-0.2, -0.15) is 0 Å². The van der Waals surface area contributed by atoms with Crippen LogP contribution in [0.2, 0.25) is 10.0 Å². The molecular formula is C38H37Cl2N5O6S2. The second kappa shape index (κ2) is 15.3. The topological polar surface area (TPSA) is 146 Å². The molecule has 3 heterocycles. The molecule has 276 valence electrons. The van der Waals surface area contributed by atoms with Gasteiger partial charge in [-0.3, -0.25) is 18.2 Å². The summed E-state index contributed by atoms with van der Waals surface area (Å²) in [7, 11) is -7.33. The first kappa shape index (κ1) is 38.0. The van der Waals surface area contributed by atoms with E-state index >= 15 is 0 Å². The maximum Gasteiger partial charge on any atom is 0.258 e. The van der Waals surface area contributed by atoms with Crippen molar-refractivity contribution in [3.63, 3.8) is 0 Å². The van der Waals surface area contributed by atoms with Gasteiger partial charge < -0.3 is 10.6 Å². The van der Waals surface area contributed by atoms with Crippen LogP contribution in [0, 0.1) is 0 Å². The summed E-state index contributed by atoms with van der Waals surface area (Å²) in [5.41, 5.74) is 4.79. The second-order valence-corrected chi connectivity index (χ2v) is 18.0. The molecule has 4 aromatic rings. The van der Waals surface area contributed by atoms with Gasteiger partial charge in [-0.25, -0.2) is 21.8 Å². The van der Waals surface area contributed by atoms with Gasteiger partial charge in [0.1, 0.15) is 11.1 Å². The third-order valence-corrected chi connectivity index (χ3v) is 13.5. The van der Waals surface area contributed by atoms with E-state index in [1.807, 2.05) is 38.1 Å². The molecule has 53 heavy (non-hydrogen) atoms. The van der Waals surface area contributed by atoms with Crippen molar-refractivity contribution < 1.29 is 26.4 Å². The van der Waals surface area contributed by atoms with Crippen molar-refractivity contribution in [1.82, 2.24) is 4.98 Å². The summed E-state index contributed by atoms with van der Waals surface area (Å²) < 4.78 is 55.1. The van der Waals surface area contributed by atoms with E-state index in [9.17, 15) is 26.4 Å².